The molecule has 0 aromatic heterocycles. The molecule has 0 spiro atoms. The van der Waals surface area contributed by atoms with E-state index in [2.05, 4.69) is 5.32 Å². The first kappa shape index (κ1) is 16.1. The molecule has 20 heavy (non-hydrogen) atoms. The first-order chi connectivity index (χ1) is 9.54. The summed E-state index contributed by atoms with van der Waals surface area (Å²) in [6, 6.07) is 5.53. The van der Waals surface area contributed by atoms with E-state index in [9.17, 15) is 5.11 Å². The van der Waals surface area contributed by atoms with Gasteiger partial charge in [-0.05, 0) is 49.4 Å². The van der Waals surface area contributed by atoms with Gasteiger partial charge in [-0.25, -0.2) is 0 Å². The van der Waals surface area contributed by atoms with Gasteiger partial charge in [0.2, 0.25) is 0 Å². The van der Waals surface area contributed by atoms with Crippen molar-refractivity contribution in [2.75, 3.05) is 19.8 Å². The van der Waals surface area contributed by atoms with E-state index in [1.165, 1.54) is 12.8 Å². The Bertz CT molecular complexity index is 418. The monoisotopic (exact) mass is 317 g/mol. The van der Waals surface area contributed by atoms with Crippen molar-refractivity contribution in [3.8, 4) is 0 Å². The van der Waals surface area contributed by atoms with Crippen molar-refractivity contribution in [3.63, 3.8) is 0 Å². The zero-order valence-corrected chi connectivity index (χ0v) is 13.1. The maximum Gasteiger partial charge on any atom is 0.0897 e. The number of benzene rings is 1. The molecule has 5 heteroatoms. The number of aliphatic hydroxyl groups is 1. The molecule has 2 N–H and O–H groups in total. The molecular weight excluding hydrogens is 297 g/mol. The van der Waals surface area contributed by atoms with Gasteiger partial charge in [-0.1, -0.05) is 23.2 Å². The maximum atomic E-state index is 9.85. The maximum absolute atomic E-state index is 9.85. The van der Waals surface area contributed by atoms with Crippen LogP contribution in [0.15, 0.2) is 18.2 Å². The van der Waals surface area contributed by atoms with Crippen molar-refractivity contribution < 1.29 is 9.84 Å². The molecule has 3 nitrogen and oxygen atoms in total. The van der Waals surface area contributed by atoms with Gasteiger partial charge in [-0.2, -0.15) is 0 Å². The minimum absolute atomic E-state index is 0.0734. The van der Waals surface area contributed by atoms with Crippen LogP contribution in [0.3, 0.4) is 0 Å². The second kappa shape index (κ2) is 7.62. The van der Waals surface area contributed by atoms with Gasteiger partial charge in [-0.3, -0.25) is 0 Å². The van der Waals surface area contributed by atoms with Crippen molar-refractivity contribution in [1.29, 1.82) is 0 Å². The molecule has 0 bridgehead atoms. The zero-order valence-electron chi connectivity index (χ0n) is 11.6. The van der Waals surface area contributed by atoms with Crippen LogP contribution >= 0.6 is 23.2 Å². The summed E-state index contributed by atoms with van der Waals surface area (Å²) < 4.78 is 5.46. The van der Waals surface area contributed by atoms with E-state index in [1.54, 1.807) is 6.07 Å². The van der Waals surface area contributed by atoms with E-state index in [1.807, 2.05) is 19.1 Å². The van der Waals surface area contributed by atoms with Gasteiger partial charge in [-0.15, -0.1) is 0 Å². The van der Waals surface area contributed by atoms with Gasteiger partial charge in [0.1, 0.15) is 0 Å². The Morgan fingerprint density at radius 1 is 1.30 bits per heavy atom. The summed E-state index contributed by atoms with van der Waals surface area (Å²) in [7, 11) is 0. The highest BCUT2D eigenvalue weighted by Crippen LogP contribution is 2.28. The van der Waals surface area contributed by atoms with Crippen LogP contribution in [0.25, 0.3) is 0 Å². The third-order valence-corrected chi connectivity index (χ3v) is 3.84. The predicted molar refractivity (Wildman–Crippen MR) is 82.4 cm³/mol. The van der Waals surface area contributed by atoms with Crippen molar-refractivity contribution in [2.24, 2.45) is 5.92 Å². The van der Waals surface area contributed by atoms with Crippen LogP contribution in [-0.2, 0) is 4.74 Å². The highest BCUT2D eigenvalue weighted by molar-refractivity contribution is 6.34. The van der Waals surface area contributed by atoms with Gasteiger partial charge in [0.15, 0.2) is 0 Å². The Labute approximate surface area is 130 Å². The fraction of sp³-hybridized carbons (Fsp3) is 0.600. The van der Waals surface area contributed by atoms with E-state index >= 15 is 0 Å². The van der Waals surface area contributed by atoms with Gasteiger partial charge in [0.05, 0.1) is 12.7 Å². The number of aliphatic hydroxyl groups excluding tert-OH is 1. The van der Waals surface area contributed by atoms with E-state index in [0.29, 0.717) is 23.2 Å². The number of hydrogen-bond acceptors (Lipinski definition) is 3. The van der Waals surface area contributed by atoms with Gasteiger partial charge < -0.3 is 15.2 Å². The van der Waals surface area contributed by atoms with Crippen LogP contribution in [0.5, 0.6) is 0 Å². The standard InChI is InChI=1S/C15H21Cl2NO2/c1-10(12-4-13(16)6-14(17)5-12)18-7-15(19)9-20-8-11-2-3-11/h4-6,10-11,15,18-19H,2-3,7-9H2,1H3. The molecule has 1 aliphatic rings. The fourth-order valence-corrected chi connectivity index (χ4v) is 2.51. The Morgan fingerprint density at radius 3 is 2.55 bits per heavy atom. The summed E-state index contributed by atoms with van der Waals surface area (Å²) >= 11 is 12.0. The lowest BCUT2D eigenvalue weighted by Crippen LogP contribution is -2.32. The number of rotatable bonds is 8. The molecule has 2 unspecified atom stereocenters. The third-order valence-electron chi connectivity index (χ3n) is 3.41. The summed E-state index contributed by atoms with van der Waals surface area (Å²) in [5.41, 5.74) is 1.01. The summed E-state index contributed by atoms with van der Waals surface area (Å²) in [6.07, 6.45) is 2.03. The molecular formula is C15H21Cl2NO2. The van der Waals surface area contributed by atoms with Crippen LogP contribution in [0.1, 0.15) is 31.4 Å². The topological polar surface area (TPSA) is 41.5 Å². The molecule has 1 aromatic rings. The quantitative estimate of drug-likeness (QED) is 0.771. The number of halogens is 2. The lowest BCUT2D eigenvalue weighted by atomic mass is 10.1. The number of nitrogens with one attached hydrogen (secondary N) is 1. The van der Waals surface area contributed by atoms with Crippen molar-refractivity contribution in [1.82, 2.24) is 5.32 Å². The first-order valence-electron chi connectivity index (χ1n) is 7.00. The molecule has 2 rings (SSSR count). The molecule has 2 atom stereocenters. The number of ether oxygens (including phenoxy) is 1. The lowest BCUT2D eigenvalue weighted by Gasteiger charge is -2.18. The predicted octanol–water partition coefficient (Wildman–Crippen LogP) is 3.43. The Balaban J connectivity index is 1.71. The molecule has 112 valence electrons. The normalized spacial score (nSPS) is 18.0. The minimum atomic E-state index is -0.495. The molecule has 1 saturated carbocycles. The molecule has 1 aliphatic carbocycles. The summed E-state index contributed by atoms with van der Waals surface area (Å²) in [6.45, 7) is 3.65. The van der Waals surface area contributed by atoms with Crippen LogP contribution < -0.4 is 5.32 Å². The van der Waals surface area contributed by atoms with E-state index < -0.39 is 6.10 Å². The molecule has 0 amide bonds. The first-order valence-corrected chi connectivity index (χ1v) is 7.75. The van der Waals surface area contributed by atoms with Crippen LogP contribution in [-0.4, -0.2) is 31.0 Å². The Morgan fingerprint density at radius 2 is 1.95 bits per heavy atom. The highest BCUT2D eigenvalue weighted by Gasteiger charge is 2.21. The SMILES string of the molecule is CC(NCC(O)COCC1CC1)c1cc(Cl)cc(Cl)c1. The largest absolute Gasteiger partial charge is 0.389 e. The average molecular weight is 318 g/mol. The Kier molecular flexibility index (Phi) is 6.12. The fourth-order valence-electron chi connectivity index (χ4n) is 1.97. The molecule has 0 heterocycles. The molecule has 1 aromatic carbocycles. The molecule has 0 saturated heterocycles. The Hall–Kier alpha value is -0.320. The summed E-state index contributed by atoms with van der Waals surface area (Å²) in [5.74, 6) is 0.725. The van der Waals surface area contributed by atoms with Crippen molar-refractivity contribution in [3.05, 3.63) is 33.8 Å². The second-order valence-electron chi connectivity index (χ2n) is 5.47. The smallest absolute Gasteiger partial charge is 0.0897 e. The van der Waals surface area contributed by atoms with E-state index in [0.717, 1.165) is 18.1 Å². The van der Waals surface area contributed by atoms with Crippen LogP contribution in [0, 0.1) is 5.92 Å². The highest BCUT2D eigenvalue weighted by atomic mass is 35.5. The van der Waals surface area contributed by atoms with Crippen LogP contribution in [0.4, 0.5) is 0 Å². The average Bonchev–Trinajstić information content (AvgIpc) is 3.19. The summed E-state index contributed by atoms with van der Waals surface area (Å²) in [5, 5.41) is 14.3. The second-order valence-corrected chi connectivity index (χ2v) is 6.34. The van der Waals surface area contributed by atoms with Gasteiger partial charge in [0, 0.05) is 29.2 Å². The van der Waals surface area contributed by atoms with E-state index in [-0.39, 0.29) is 6.04 Å². The molecule has 0 radical (unpaired) electrons. The minimum Gasteiger partial charge on any atom is -0.389 e. The van der Waals surface area contributed by atoms with Crippen LogP contribution in [0.2, 0.25) is 10.0 Å². The molecule has 1 fully saturated rings. The van der Waals surface area contributed by atoms with Crippen molar-refractivity contribution >= 4 is 23.2 Å². The lowest BCUT2D eigenvalue weighted by molar-refractivity contribution is 0.0315. The third kappa shape index (κ3) is 5.58. The van der Waals surface area contributed by atoms with Gasteiger partial charge >= 0.3 is 0 Å². The molecule has 0 aliphatic heterocycles. The van der Waals surface area contributed by atoms with E-state index in [4.69, 9.17) is 27.9 Å². The van der Waals surface area contributed by atoms with Crippen molar-refractivity contribution in [2.45, 2.75) is 31.9 Å². The number of hydrogen-bond donors (Lipinski definition) is 2. The summed E-state index contributed by atoms with van der Waals surface area (Å²) in [4.78, 5) is 0. The van der Waals surface area contributed by atoms with Gasteiger partial charge in [0.25, 0.3) is 0 Å². The zero-order chi connectivity index (χ0) is 14.5.